The van der Waals surface area contributed by atoms with Crippen LogP contribution in [0.25, 0.3) is 11.1 Å². The number of carbonyl (C=O) groups is 2. The molecule has 0 saturated carbocycles. The predicted molar refractivity (Wildman–Crippen MR) is 148 cm³/mol. The van der Waals surface area contributed by atoms with E-state index in [4.69, 9.17) is 26.5 Å². The van der Waals surface area contributed by atoms with Gasteiger partial charge in [-0.05, 0) is 54.1 Å². The number of nitrogen functional groups attached to an aromatic ring is 1. The maximum absolute atomic E-state index is 13.5. The van der Waals surface area contributed by atoms with Gasteiger partial charge in [0.15, 0.2) is 5.96 Å². The van der Waals surface area contributed by atoms with Gasteiger partial charge in [-0.25, -0.2) is 13.2 Å². The molecule has 0 bridgehead atoms. The number of nitrogens with one attached hydrogen (secondary N) is 4. The highest BCUT2D eigenvalue weighted by Crippen LogP contribution is 2.39. The summed E-state index contributed by atoms with van der Waals surface area (Å²) in [4.78, 5) is 20.7. The van der Waals surface area contributed by atoms with E-state index in [-0.39, 0.29) is 27.5 Å². The number of alkyl halides is 3. The first-order valence-corrected chi connectivity index (χ1v) is 14.4. The van der Waals surface area contributed by atoms with Gasteiger partial charge in [0.05, 0.1) is 18.9 Å². The Hall–Kier alpha value is -3.89. The first-order valence-electron chi connectivity index (χ1n) is 10.9. The quantitative estimate of drug-likeness (QED) is 0.131. The molecule has 0 radical (unpaired) electrons. The number of amidine groups is 1. The van der Waals surface area contributed by atoms with Crippen molar-refractivity contribution in [2.75, 3.05) is 11.6 Å². The molecule has 214 valence electrons. The number of guanidine groups is 1. The number of thioether (sulfide) groups is 1. The number of hydrogen-bond acceptors (Lipinski definition) is 8. The zero-order valence-electron chi connectivity index (χ0n) is 21.1. The van der Waals surface area contributed by atoms with Crippen molar-refractivity contribution in [3.63, 3.8) is 0 Å². The number of carboxylic acid groups (broad SMARTS) is 1. The Morgan fingerprint density at radius 3 is 2.12 bits per heavy atom. The van der Waals surface area contributed by atoms with Crippen LogP contribution in [-0.2, 0) is 19.4 Å². The third-order valence-corrected chi connectivity index (χ3v) is 9.47. The number of carbonyl (C=O) groups excluding carboxylic acids is 1. The molecule has 0 aliphatic carbocycles. The molecule has 2 aromatic carbocycles. The average molecular weight is 616 g/mol. The molecule has 40 heavy (non-hydrogen) atoms. The number of hydrogen-bond donors (Lipinski definition) is 6. The highest BCUT2D eigenvalue weighted by Gasteiger charge is 2.38. The summed E-state index contributed by atoms with van der Waals surface area (Å²) < 4.78 is 59.4. The van der Waals surface area contributed by atoms with E-state index >= 15 is 0 Å². The van der Waals surface area contributed by atoms with Crippen LogP contribution in [0.4, 0.5) is 18.9 Å². The highest BCUT2D eigenvalue weighted by atomic mass is 32.2. The summed E-state index contributed by atoms with van der Waals surface area (Å²) in [5, 5.41) is 27.6. The normalized spacial score (nSPS) is 11.2. The van der Waals surface area contributed by atoms with Crippen molar-refractivity contribution in [1.82, 2.24) is 5.32 Å². The van der Waals surface area contributed by atoms with Crippen LogP contribution >= 0.6 is 23.1 Å². The Bertz CT molecular complexity index is 1550. The molecule has 0 unspecified atom stereocenters. The fraction of sp³-hybridized carbons (Fsp3) is 0.167. The Morgan fingerprint density at radius 2 is 1.65 bits per heavy atom. The number of benzene rings is 2. The van der Waals surface area contributed by atoms with Gasteiger partial charge in [-0.3, -0.25) is 20.9 Å². The van der Waals surface area contributed by atoms with Crippen LogP contribution in [-0.4, -0.2) is 49.6 Å². The lowest BCUT2D eigenvalue weighted by Gasteiger charge is -2.13. The molecule has 7 N–H and O–H groups in total. The minimum atomic E-state index is -5.08. The van der Waals surface area contributed by atoms with Crippen LogP contribution in [0.2, 0.25) is 0 Å². The van der Waals surface area contributed by atoms with E-state index in [0.29, 0.717) is 20.3 Å². The van der Waals surface area contributed by atoms with Gasteiger partial charge in [0.2, 0.25) is 15.7 Å². The maximum atomic E-state index is 13.5. The molecular formula is C24H24F3N5O5S3. The van der Waals surface area contributed by atoms with Crippen LogP contribution in [0.3, 0.4) is 0 Å². The summed E-state index contributed by atoms with van der Waals surface area (Å²) in [5.41, 5.74) is 8.36. The lowest BCUT2D eigenvalue weighted by Crippen LogP contribution is -2.33. The number of amides is 1. The van der Waals surface area contributed by atoms with Crippen LogP contribution in [0.15, 0.2) is 62.5 Å². The van der Waals surface area contributed by atoms with Crippen LogP contribution < -0.4 is 16.4 Å². The fourth-order valence-electron chi connectivity index (χ4n) is 3.24. The zero-order valence-corrected chi connectivity index (χ0v) is 23.6. The van der Waals surface area contributed by atoms with Crippen molar-refractivity contribution < 1.29 is 36.3 Å². The third kappa shape index (κ3) is 8.06. The van der Waals surface area contributed by atoms with Gasteiger partial charge >= 0.3 is 12.1 Å². The second kappa shape index (κ2) is 13.0. The van der Waals surface area contributed by atoms with E-state index < -0.39 is 22.0 Å². The van der Waals surface area contributed by atoms with Gasteiger partial charge in [-0.2, -0.15) is 13.2 Å². The molecule has 0 atom stereocenters. The first kappa shape index (κ1) is 32.3. The number of sulfone groups is 1. The second-order valence-electron chi connectivity index (χ2n) is 7.87. The smallest absolute Gasteiger partial charge is 0.475 e. The number of carboxylic acids is 1. The summed E-state index contributed by atoms with van der Waals surface area (Å²) >= 11 is 2.50. The monoisotopic (exact) mass is 615 g/mol. The third-order valence-electron chi connectivity index (χ3n) is 4.99. The maximum Gasteiger partial charge on any atom is 0.490 e. The summed E-state index contributed by atoms with van der Waals surface area (Å²) in [7, 11) is -3.83. The topological polar surface area (TPSA) is 186 Å². The molecule has 0 aliphatic heterocycles. The number of nitrogens with two attached hydrogens (primary N) is 1. The van der Waals surface area contributed by atoms with E-state index in [1.54, 1.807) is 37.4 Å². The molecule has 0 spiro atoms. The van der Waals surface area contributed by atoms with Crippen molar-refractivity contribution in [3.05, 3.63) is 59.0 Å². The number of anilines is 1. The van der Waals surface area contributed by atoms with E-state index in [1.165, 1.54) is 36.1 Å². The molecular weight excluding hydrogens is 591 g/mol. The van der Waals surface area contributed by atoms with Crippen LogP contribution in [0.1, 0.15) is 17.4 Å². The summed E-state index contributed by atoms with van der Waals surface area (Å²) in [5.74, 6) is -3.40. The Labute approximate surface area is 235 Å². The van der Waals surface area contributed by atoms with E-state index in [1.807, 2.05) is 18.2 Å². The Balaban J connectivity index is 0.000000708. The minimum Gasteiger partial charge on any atom is -0.475 e. The molecule has 0 saturated heterocycles. The Morgan fingerprint density at radius 1 is 1.07 bits per heavy atom. The van der Waals surface area contributed by atoms with Crippen molar-refractivity contribution >= 4 is 62.3 Å². The molecule has 1 amide bonds. The minimum absolute atomic E-state index is 0.134. The summed E-state index contributed by atoms with van der Waals surface area (Å²) in [6, 6.07) is 13.7. The van der Waals surface area contributed by atoms with E-state index in [2.05, 4.69) is 10.6 Å². The first-order chi connectivity index (χ1) is 18.5. The van der Waals surface area contributed by atoms with Crippen molar-refractivity contribution in [1.29, 1.82) is 10.8 Å². The van der Waals surface area contributed by atoms with Gasteiger partial charge in [0, 0.05) is 12.6 Å². The van der Waals surface area contributed by atoms with Gasteiger partial charge in [-0.1, -0.05) is 24.3 Å². The van der Waals surface area contributed by atoms with Crippen molar-refractivity contribution in [3.8, 4) is 11.1 Å². The zero-order chi connectivity index (χ0) is 30.4. The second-order valence-corrected chi connectivity index (χ2v) is 11.9. The van der Waals surface area contributed by atoms with Crippen LogP contribution in [0.5, 0.6) is 0 Å². The van der Waals surface area contributed by atoms with E-state index in [0.717, 1.165) is 11.1 Å². The number of thiophene rings is 1. The van der Waals surface area contributed by atoms with Gasteiger partial charge < -0.3 is 16.2 Å². The predicted octanol–water partition coefficient (Wildman–Crippen LogP) is 4.68. The highest BCUT2D eigenvalue weighted by molar-refractivity contribution is 8.01. The SMILES string of the molecule is CSc1sc(C(=N)N)cc1S(=O)(=O)c1cccc(-c2ccc(NC(=N)NC(C)=O)cc2)c1C.O=C(O)C(F)(F)F. The number of rotatable bonds is 6. The van der Waals surface area contributed by atoms with Gasteiger partial charge in [0.25, 0.3) is 0 Å². The summed E-state index contributed by atoms with van der Waals surface area (Å²) in [6.07, 6.45) is -3.29. The summed E-state index contributed by atoms with van der Waals surface area (Å²) in [6.45, 7) is 3.08. The van der Waals surface area contributed by atoms with Crippen LogP contribution in [0, 0.1) is 17.7 Å². The van der Waals surface area contributed by atoms with Crippen molar-refractivity contribution in [2.45, 2.75) is 34.0 Å². The molecule has 3 rings (SSSR count). The molecule has 1 aromatic heterocycles. The standard InChI is InChI=1S/C22H23N5O3S3.C2HF3O2/c1-12-16(14-7-9-15(10-8-14)27-22(25)26-13(2)28)5-4-6-18(12)33(29,30)19-11-17(20(23)24)32-21(19)31-3;3-2(4,5)1(6)7/h4-11H,1-3H3,(H3,23,24)(H3,25,26,27,28);(H,6,7). The lowest BCUT2D eigenvalue weighted by atomic mass is 10.0. The molecule has 0 aliphatic rings. The van der Waals surface area contributed by atoms with E-state index in [9.17, 15) is 26.4 Å². The average Bonchev–Trinajstić information content (AvgIpc) is 3.30. The molecule has 3 aromatic rings. The molecule has 10 nitrogen and oxygen atoms in total. The largest absolute Gasteiger partial charge is 0.490 e. The molecule has 0 fully saturated rings. The number of halogens is 3. The van der Waals surface area contributed by atoms with Gasteiger partial charge in [0.1, 0.15) is 5.84 Å². The molecule has 16 heteroatoms. The number of aliphatic carboxylic acids is 1. The lowest BCUT2D eigenvalue weighted by molar-refractivity contribution is -0.192. The molecule has 1 heterocycles. The van der Waals surface area contributed by atoms with Gasteiger partial charge in [-0.15, -0.1) is 23.1 Å². The Kier molecular flexibility index (Phi) is 10.5. The fourth-order valence-corrected chi connectivity index (χ4v) is 7.36. The van der Waals surface area contributed by atoms with Crippen molar-refractivity contribution in [2.24, 2.45) is 5.73 Å².